The minimum atomic E-state index is -0.221. The Bertz CT molecular complexity index is 615. The summed E-state index contributed by atoms with van der Waals surface area (Å²) < 4.78 is 14.3. The monoisotopic (exact) mass is 355 g/mol. The highest BCUT2D eigenvalue weighted by atomic mass is 79.9. The van der Waals surface area contributed by atoms with E-state index in [4.69, 9.17) is 11.6 Å². The highest BCUT2D eigenvalue weighted by Gasteiger charge is 2.18. The Hall–Kier alpha value is -0.900. The molecule has 2 rings (SSSR count). The zero-order chi connectivity index (χ0) is 14.7. The van der Waals surface area contributed by atoms with Crippen LogP contribution in [0.5, 0.6) is 0 Å². The van der Waals surface area contributed by atoms with Crippen LogP contribution >= 0.6 is 27.5 Å². The number of aryl methyl sites for hydroxylation is 1. The van der Waals surface area contributed by atoms with Gasteiger partial charge in [0, 0.05) is 9.50 Å². The molecule has 0 bridgehead atoms. The average Bonchev–Trinajstić information content (AvgIpc) is 2.40. The summed E-state index contributed by atoms with van der Waals surface area (Å²) in [5.41, 5.74) is 2.93. The second kappa shape index (κ2) is 6.70. The molecule has 0 aliphatic rings. The minimum absolute atomic E-state index is 0.0504. The number of rotatable bonds is 4. The molecule has 0 saturated heterocycles. The topological polar surface area (TPSA) is 12.0 Å². The van der Waals surface area contributed by atoms with E-state index in [0.717, 1.165) is 27.7 Å². The lowest BCUT2D eigenvalue weighted by molar-refractivity contribution is 0.610. The summed E-state index contributed by atoms with van der Waals surface area (Å²) in [4.78, 5) is 0. The van der Waals surface area contributed by atoms with Crippen molar-refractivity contribution in [1.29, 1.82) is 0 Å². The Morgan fingerprint density at radius 1 is 1.20 bits per heavy atom. The molecule has 0 aliphatic heterocycles. The molecule has 1 atom stereocenters. The van der Waals surface area contributed by atoms with E-state index in [9.17, 15) is 4.39 Å². The van der Waals surface area contributed by atoms with E-state index in [1.807, 2.05) is 38.1 Å². The van der Waals surface area contributed by atoms with E-state index in [2.05, 4.69) is 21.2 Å². The zero-order valence-electron chi connectivity index (χ0n) is 11.4. The van der Waals surface area contributed by atoms with E-state index in [-0.39, 0.29) is 11.9 Å². The lowest BCUT2D eigenvalue weighted by Gasteiger charge is -2.22. The van der Waals surface area contributed by atoms with Gasteiger partial charge in [-0.15, -0.1) is 0 Å². The van der Waals surface area contributed by atoms with Gasteiger partial charge in [0.1, 0.15) is 5.82 Å². The fourth-order valence-corrected chi connectivity index (χ4v) is 2.90. The van der Waals surface area contributed by atoms with Gasteiger partial charge in [0.05, 0.1) is 6.04 Å². The minimum Gasteiger partial charge on any atom is -0.306 e. The van der Waals surface area contributed by atoms with Gasteiger partial charge in [-0.25, -0.2) is 4.39 Å². The van der Waals surface area contributed by atoms with Gasteiger partial charge in [-0.3, -0.25) is 0 Å². The maximum absolute atomic E-state index is 13.3. The first-order chi connectivity index (χ1) is 9.52. The van der Waals surface area contributed by atoms with Crippen LogP contribution in [0.1, 0.15) is 29.7 Å². The molecule has 0 heterocycles. The SMILES string of the molecule is CCNC(c1ccc(F)cc1C)c1cc(Br)ccc1Cl. The van der Waals surface area contributed by atoms with Crippen molar-refractivity contribution in [1.82, 2.24) is 5.32 Å². The number of halogens is 3. The third-order valence-electron chi connectivity index (χ3n) is 3.22. The molecule has 2 aromatic rings. The summed E-state index contributed by atoms with van der Waals surface area (Å²) in [5, 5.41) is 4.11. The summed E-state index contributed by atoms with van der Waals surface area (Å²) in [6, 6.07) is 10.6. The maximum atomic E-state index is 13.3. The highest BCUT2D eigenvalue weighted by molar-refractivity contribution is 9.10. The van der Waals surface area contributed by atoms with E-state index in [0.29, 0.717) is 5.02 Å². The van der Waals surface area contributed by atoms with Gasteiger partial charge in [0.2, 0.25) is 0 Å². The van der Waals surface area contributed by atoms with Crippen LogP contribution in [-0.4, -0.2) is 6.54 Å². The fourth-order valence-electron chi connectivity index (χ4n) is 2.29. The summed E-state index contributed by atoms with van der Waals surface area (Å²) >= 11 is 9.80. The Morgan fingerprint density at radius 3 is 2.60 bits per heavy atom. The van der Waals surface area contributed by atoms with Gasteiger partial charge in [-0.2, -0.15) is 0 Å². The van der Waals surface area contributed by atoms with Crippen LogP contribution in [0.4, 0.5) is 4.39 Å². The van der Waals surface area contributed by atoms with Crippen molar-refractivity contribution in [2.24, 2.45) is 0 Å². The van der Waals surface area contributed by atoms with Gasteiger partial charge in [-0.1, -0.05) is 40.5 Å². The summed E-state index contributed by atoms with van der Waals surface area (Å²) in [5.74, 6) is -0.221. The van der Waals surface area contributed by atoms with Crippen LogP contribution in [0.2, 0.25) is 5.02 Å². The first-order valence-electron chi connectivity index (χ1n) is 6.47. The molecular weight excluding hydrogens is 341 g/mol. The van der Waals surface area contributed by atoms with Gasteiger partial charge < -0.3 is 5.32 Å². The quantitative estimate of drug-likeness (QED) is 0.789. The number of benzene rings is 2. The predicted molar refractivity (Wildman–Crippen MR) is 85.8 cm³/mol. The standard InChI is InChI=1S/C16H16BrClFN/c1-3-20-16(13-6-5-12(19)8-10(13)2)14-9-11(17)4-7-15(14)18/h4-9,16,20H,3H2,1-2H3. The molecule has 106 valence electrons. The molecule has 20 heavy (non-hydrogen) atoms. The van der Waals surface area contributed by atoms with Crippen LogP contribution in [0.3, 0.4) is 0 Å². The molecule has 1 unspecified atom stereocenters. The summed E-state index contributed by atoms with van der Waals surface area (Å²) in [6.45, 7) is 4.75. The molecule has 0 fully saturated rings. The van der Waals surface area contributed by atoms with Crippen LogP contribution in [-0.2, 0) is 0 Å². The first-order valence-corrected chi connectivity index (χ1v) is 7.64. The van der Waals surface area contributed by atoms with Crippen LogP contribution in [0, 0.1) is 12.7 Å². The van der Waals surface area contributed by atoms with Gasteiger partial charge >= 0.3 is 0 Å². The molecule has 0 aromatic heterocycles. The normalized spacial score (nSPS) is 12.4. The number of hydrogen-bond acceptors (Lipinski definition) is 1. The average molecular weight is 357 g/mol. The molecule has 0 amide bonds. The molecule has 1 N–H and O–H groups in total. The molecule has 0 saturated carbocycles. The molecule has 0 aliphatic carbocycles. The molecule has 0 radical (unpaired) electrons. The van der Waals surface area contributed by atoms with Crippen LogP contribution in [0.15, 0.2) is 40.9 Å². The Labute approximate surface area is 132 Å². The van der Waals surface area contributed by atoms with Gasteiger partial charge in [0.15, 0.2) is 0 Å². The molecule has 2 aromatic carbocycles. The summed E-state index contributed by atoms with van der Waals surface area (Å²) in [7, 11) is 0. The van der Waals surface area contributed by atoms with Gasteiger partial charge in [-0.05, 0) is 60.5 Å². The van der Waals surface area contributed by atoms with Crippen molar-refractivity contribution in [2.75, 3.05) is 6.54 Å². The second-order valence-corrected chi connectivity index (χ2v) is 5.98. The molecule has 1 nitrogen and oxygen atoms in total. The van der Waals surface area contributed by atoms with Crippen molar-refractivity contribution in [3.05, 3.63) is 68.4 Å². The van der Waals surface area contributed by atoms with Gasteiger partial charge in [0.25, 0.3) is 0 Å². The maximum Gasteiger partial charge on any atom is 0.123 e. The highest BCUT2D eigenvalue weighted by Crippen LogP contribution is 2.32. The van der Waals surface area contributed by atoms with Crippen molar-refractivity contribution in [2.45, 2.75) is 19.9 Å². The third-order valence-corrected chi connectivity index (χ3v) is 4.06. The van der Waals surface area contributed by atoms with Crippen LogP contribution < -0.4 is 5.32 Å². The smallest absolute Gasteiger partial charge is 0.123 e. The Morgan fingerprint density at radius 2 is 1.95 bits per heavy atom. The zero-order valence-corrected chi connectivity index (χ0v) is 13.7. The number of hydrogen-bond donors (Lipinski definition) is 1. The molecule has 4 heteroatoms. The number of nitrogens with one attached hydrogen (secondary N) is 1. The van der Waals surface area contributed by atoms with E-state index < -0.39 is 0 Å². The molecular formula is C16H16BrClFN. The second-order valence-electron chi connectivity index (χ2n) is 4.66. The molecule has 0 spiro atoms. The summed E-state index contributed by atoms with van der Waals surface area (Å²) in [6.07, 6.45) is 0. The Balaban J connectivity index is 2.53. The van der Waals surface area contributed by atoms with Crippen molar-refractivity contribution in [3.8, 4) is 0 Å². The lowest BCUT2D eigenvalue weighted by atomic mass is 9.95. The van der Waals surface area contributed by atoms with E-state index in [1.54, 1.807) is 6.07 Å². The largest absolute Gasteiger partial charge is 0.306 e. The van der Waals surface area contributed by atoms with Crippen molar-refractivity contribution >= 4 is 27.5 Å². The fraction of sp³-hybridized carbons (Fsp3) is 0.250. The first kappa shape index (κ1) is 15.5. The lowest BCUT2D eigenvalue weighted by Crippen LogP contribution is -2.23. The Kier molecular flexibility index (Phi) is 5.19. The van der Waals surface area contributed by atoms with Crippen LogP contribution in [0.25, 0.3) is 0 Å². The van der Waals surface area contributed by atoms with Crippen molar-refractivity contribution < 1.29 is 4.39 Å². The predicted octanol–water partition coefficient (Wildman–Crippen LogP) is 5.25. The van der Waals surface area contributed by atoms with E-state index >= 15 is 0 Å². The third kappa shape index (κ3) is 3.40. The van der Waals surface area contributed by atoms with E-state index in [1.165, 1.54) is 6.07 Å². The van der Waals surface area contributed by atoms with Crippen molar-refractivity contribution in [3.63, 3.8) is 0 Å².